The van der Waals surface area contributed by atoms with Gasteiger partial charge < -0.3 is 14.8 Å². The van der Waals surface area contributed by atoms with Crippen molar-refractivity contribution in [2.75, 3.05) is 31.1 Å². The molecule has 1 fully saturated rings. The summed E-state index contributed by atoms with van der Waals surface area (Å²) in [5.74, 6) is -0.145. The Bertz CT molecular complexity index is 700. The molecule has 6 nitrogen and oxygen atoms in total. The molecular weight excluding hydrogens is 328 g/mol. The third-order valence-corrected chi connectivity index (χ3v) is 4.18. The number of nitrogens with one attached hydrogen (secondary N) is 1. The largest absolute Gasteiger partial charge is 0.353 e. The van der Waals surface area contributed by atoms with Crippen molar-refractivity contribution in [1.29, 1.82) is 0 Å². The minimum Gasteiger partial charge on any atom is -0.353 e. The number of hydrogen-bond donors (Lipinski definition) is 1. The minimum atomic E-state index is -0.155. The molecule has 1 aliphatic heterocycles. The zero-order chi connectivity index (χ0) is 16.9. The summed E-state index contributed by atoms with van der Waals surface area (Å²) >= 11 is 5.87. The van der Waals surface area contributed by atoms with Gasteiger partial charge in [0.25, 0.3) is 0 Å². The van der Waals surface area contributed by atoms with E-state index in [1.807, 2.05) is 29.1 Å². The third kappa shape index (κ3) is 3.89. The summed E-state index contributed by atoms with van der Waals surface area (Å²) in [6, 6.07) is 10.8. The summed E-state index contributed by atoms with van der Waals surface area (Å²) in [4.78, 5) is 27.6. The molecule has 3 rings (SSSR count). The topological polar surface area (TPSA) is 57.6 Å². The Hall–Kier alpha value is -2.47. The second-order valence-corrected chi connectivity index (χ2v) is 6.04. The molecule has 1 aliphatic rings. The maximum Gasteiger partial charge on any atom is 0.325 e. The lowest BCUT2D eigenvalue weighted by atomic mass is 10.3. The fraction of sp³-hybridized carbons (Fsp3) is 0.294. The van der Waals surface area contributed by atoms with E-state index in [1.54, 1.807) is 34.1 Å². The van der Waals surface area contributed by atoms with E-state index in [-0.39, 0.29) is 18.5 Å². The van der Waals surface area contributed by atoms with Crippen molar-refractivity contribution in [1.82, 2.24) is 14.8 Å². The Balaban J connectivity index is 1.48. The summed E-state index contributed by atoms with van der Waals surface area (Å²) < 4.78 is 1.99. The van der Waals surface area contributed by atoms with Crippen LogP contribution in [0.25, 0.3) is 0 Å². The SMILES string of the molecule is O=C(CN1CCN(c2ccc(Cl)cc2)C1=O)NCCn1cccc1. The van der Waals surface area contributed by atoms with Crippen molar-refractivity contribution >= 4 is 29.2 Å². The van der Waals surface area contributed by atoms with Crippen LogP contribution in [0.4, 0.5) is 10.5 Å². The van der Waals surface area contributed by atoms with Crippen molar-refractivity contribution in [3.63, 3.8) is 0 Å². The van der Waals surface area contributed by atoms with Gasteiger partial charge in [-0.05, 0) is 36.4 Å². The first-order valence-corrected chi connectivity index (χ1v) is 8.21. The number of benzene rings is 1. The van der Waals surface area contributed by atoms with Crippen LogP contribution in [-0.2, 0) is 11.3 Å². The summed E-state index contributed by atoms with van der Waals surface area (Å²) in [5, 5.41) is 3.47. The van der Waals surface area contributed by atoms with Crippen molar-refractivity contribution in [3.05, 3.63) is 53.8 Å². The van der Waals surface area contributed by atoms with Gasteiger partial charge in [-0.1, -0.05) is 11.6 Å². The Labute approximate surface area is 145 Å². The van der Waals surface area contributed by atoms with Crippen LogP contribution in [0.3, 0.4) is 0 Å². The number of nitrogens with zero attached hydrogens (tertiary/aromatic N) is 3. The van der Waals surface area contributed by atoms with Gasteiger partial charge in [0.2, 0.25) is 5.91 Å². The fourth-order valence-electron chi connectivity index (χ4n) is 2.66. The summed E-state index contributed by atoms with van der Waals surface area (Å²) in [6.07, 6.45) is 3.89. The van der Waals surface area contributed by atoms with Crippen LogP contribution in [-0.4, -0.2) is 47.6 Å². The second-order valence-electron chi connectivity index (χ2n) is 5.60. The highest BCUT2D eigenvalue weighted by molar-refractivity contribution is 6.30. The van der Waals surface area contributed by atoms with Gasteiger partial charge in [0.1, 0.15) is 6.54 Å². The van der Waals surface area contributed by atoms with Gasteiger partial charge >= 0.3 is 6.03 Å². The van der Waals surface area contributed by atoms with Gasteiger partial charge in [0, 0.05) is 49.3 Å². The number of amides is 3. The lowest BCUT2D eigenvalue weighted by Crippen LogP contribution is -2.40. The lowest BCUT2D eigenvalue weighted by molar-refractivity contribution is -0.121. The van der Waals surface area contributed by atoms with Gasteiger partial charge in [-0.15, -0.1) is 0 Å². The zero-order valence-electron chi connectivity index (χ0n) is 13.2. The van der Waals surface area contributed by atoms with Crippen LogP contribution in [0.2, 0.25) is 5.02 Å². The Morgan fingerprint density at radius 3 is 2.54 bits per heavy atom. The van der Waals surface area contributed by atoms with Crippen molar-refractivity contribution in [3.8, 4) is 0 Å². The molecule has 1 N–H and O–H groups in total. The highest BCUT2D eigenvalue weighted by atomic mass is 35.5. The number of urea groups is 1. The molecule has 24 heavy (non-hydrogen) atoms. The number of rotatable bonds is 6. The normalized spacial score (nSPS) is 14.3. The Morgan fingerprint density at radius 1 is 1.12 bits per heavy atom. The maximum atomic E-state index is 12.4. The highest BCUT2D eigenvalue weighted by Crippen LogP contribution is 2.22. The molecule has 126 valence electrons. The van der Waals surface area contributed by atoms with Crippen LogP contribution >= 0.6 is 11.6 Å². The smallest absolute Gasteiger partial charge is 0.325 e. The number of hydrogen-bond acceptors (Lipinski definition) is 2. The summed E-state index contributed by atoms with van der Waals surface area (Å²) in [7, 11) is 0. The number of carbonyl (C=O) groups is 2. The molecule has 3 amide bonds. The summed E-state index contributed by atoms with van der Waals surface area (Å²) in [5.41, 5.74) is 0.792. The van der Waals surface area contributed by atoms with E-state index in [0.29, 0.717) is 31.2 Å². The fourth-order valence-corrected chi connectivity index (χ4v) is 2.79. The molecule has 2 heterocycles. The van der Waals surface area contributed by atoms with E-state index in [2.05, 4.69) is 5.32 Å². The first-order valence-electron chi connectivity index (χ1n) is 7.83. The predicted octanol–water partition coefficient (Wildman–Crippen LogP) is 2.20. The first kappa shape index (κ1) is 16.4. The van der Waals surface area contributed by atoms with Gasteiger partial charge in [-0.25, -0.2) is 4.79 Å². The van der Waals surface area contributed by atoms with E-state index in [1.165, 1.54) is 0 Å². The van der Waals surface area contributed by atoms with E-state index < -0.39 is 0 Å². The molecule has 1 aromatic heterocycles. The van der Waals surface area contributed by atoms with Crippen LogP contribution in [0.5, 0.6) is 0 Å². The van der Waals surface area contributed by atoms with E-state index in [9.17, 15) is 9.59 Å². The zero-order valence-corrected chi connectivity index (χ0v) is 13.9. The second kappa shape index (κ2) is 7.40. The van der Waals surface area contributed by atoms with Crippen molar-refractivity contribution in [2.24, 2.45) is 0 Å². The van der Waals surface area contributed by atoms with Gasteiger partial charge in [-0.2, -0.15) is 0 Å². The molecule has 0 radical (unpaired) electrons. The maximum absolute atomic E-state index is 12.4. The molecule has 1 aromatic carbocycles. The molecule has 0 aliphatic carbocycles. The molecule has 0 spiro atoms. The highest BCUT2D eigenvalue weighted by Gasteiger charge is 2.30. The molecule has 1 saturated heterocycles. The van der Waals surface area contributed by atoms with E-state index >= 15 is 0 Å². The molecule has 0 bridgehead atoms. The quantitative estimate of drug-likeness (QED) is 0.871. The molecular formula is C17H19ClN4O2. The molecule has 0 saturated carbocycles. The Morgan fingerprint density at radius 2 is 1.83 bits per heavy atom. The van der Waals surface area contributed by atoms with Crippen molar-refractivity contribution < 1.29 is 9.59 Å². The Kier molecular flexibility index (Phi) is 5.05. The molecule has 2 aromatic rings. The standard InChI is InChI=1S/C17H19ClN4O2/c18-14-3-5-15(6-4-14)22-12-11-21(17(22)24)13-16(23)19-7-10-20-8-1-2-9-20/h1-6,8-9H,7,10-13H2,(H,19,23). The lowest BCUT2D eigenvalue weighted by Gasteiger charge is -2.18. The van der Waals surface area contributed by atoms with Gasteiger partial charge in [0.05, 0.1) is 0 Å². The number of anilines is 1. The number of aromatic nitrogens is 1. The van der Waals surface area contributed by atoms with Crippen LogP contribution < -0.4 is 10.2 Å². The van der Waals surface area contributed by atoms with Crippen LogP contribution in [0.1, 0.15) is 0 Å². The van der Waals surface area contributed by atoms with E-state index in [4.69, 9.17) is 11.6 Å². The van der Waals surface area contributed by atoms with Crippen molar-refractivity contribution in [2.45, 2.75) is 6.54 Å². The number of halogens is 1. The van der Waals surface area contributed by atoms with Gasteiger partial charge in [-0.3, -0.25) is 9.69 Å². The van der Waals surface area contributed by atoms with E-state index in [0.717, 1.165) is 5.69 Å². The van der Waals surface area contributed by atoms with Crippen LogP contribution in [0.15, 0.2) is 48.8 Å². The average Bonchev–Trinajstić information content (AvgIpc) is 3.20. The number of carbonyl (C=O) groups excluding carboxylic acids is 2. The van der Waals surface area contributed by atoms with Crippen LogP contribution in [0, 0.1) is 0 Å². The predicted molar refractivity (Wildman–Crippen MR) is 93.2 cm³/mol. The first-order chi connectivity index (χ1) is 11.6. The molecule has 0 atom stereocenters. The molecule has 7 heteroatoms. The third-order valence-electron chi connectivity index (χ3n) is 3.93. The molecule has 0 unspecified atom stereocenters. The average molecular weight is 347 g/mol. The minimum absolute atomic E-state index is 0.0780. The monoisotopic (exact) mass is 346 g/mol. The summed E-state index contributed by atoms with van der Waals surface area (Å²) in [6.45, 7) is 2.43. The van der Waals surface area contributed by atoms with Gasteiger partial charge in [0.15, 0.2) is 0 Å².